The molecule has 2 aliphatic rings. The summed E-state index contributed by atoms with van der Waals surface area (Å²) in [6, 6.07) is 15.3. The summed E-state index contributed by atoms with van der Waals surface area (Å²) < 4.78 is 21.7. The Morgan fingerprint density at radius 3 is 2.53 bits per heavy atom. The Kier molecular flexibility index (Phi) is 7.11. The van der Waals surface area contributed by atoms with Crippen molar-refractivity contribution in [1.82, 2.24) is 10.2 Å². The van der Waals surface area contributed by atoms with Gasteiger partial charge in [-0.15, -0.1) is 0 Å². The molecule has 8 heteroatoms. The number of carbonyl (C=O) groups excluding carboxylic acids is 2. The predicted octanol–water partition coefficient (Wildman–Crippen LogP) is 4.85. The van der Waals surface area contributed by atoms with E-state index in [0.29, 0.717) is 22.8 Å². The molecule has 188 valence electrons. The molecule has 1 atom stereocenters. The summed E-state index contributed by atoms with van der Waals surface area (Å²) in [5.41, 5.74) is 1.49. The van der Waals surface area contributed by atoms with Crippen LogP contribution in [0.3, 0.4) is 0 Å². The SMILES string of the molecule is COc1ccc([C@H](C(=O)NC2CCCCC2)N(Cc2ccc3c(c2)OCO3)C(=O)c2ccco2)cc1. The second-order valence-electron chi connectivity index (χ2n) is 9.12. The van der Waals surface area contributed by atoms with Crippen molar-refractivity contribution < 1.29 is 28.2 Å². The average Bonchev–Trinajstić information content (AvgIpc) is 3.61. The van der Waals surface area contributed by atoms with E-state index in [1.165, 1.54) is 12.7 Å². The average molecular weight is 491 g/mol. The number of benzene rings is 2. The highest BCUT2D eigenvalue weighted by Gasteiger charge is 2.35. The lowest BCUT2D eigenvalue weighted by Gasteiger charge is -2.33. The Balaban J connectivity index is 1.52. The highest BCUT2D eigenvalue weighted by atomic mass is 16.7. The molecule has 1 aliphatic heterocycles. The number of rotatable bonds is 8. The fourth-order valence-corrected chi connectivity index (χ4v) is 4.84. The Labute approximate surface area is 210 Å². The summed E-state index contributed by atoms with van der Waals surface area (Å²) in [5.74, 6) is 1.52. The van der Waals surface area contributed by atoms with Crippen molar-refractivity contribution in [2.75, 3.05) is 13.9 Å². The number of furan rings is 1. The maximum Gasteiger partial charge on any atom is 0.290 e. The molecular formula is C28H30N2O6. The summed E-state index contributed by atoms with van der Waals surface area (Å²) >= 11 is 0. The van der Waals surface area contributed by atoms with Crippen LogP contribution in [0.5, 0.6) is 17.2 Å². The Morgan fingerprint density at radius 2 is 1.81 bits per heavy atom. The standard InChI is InChI=1S/C28H30N2O6/c1-33-22-12-10-20(11-13-22)26(27(31)29-21-6-3-2-4-7-21)30(28(32)24-8-5-15-34-24)17-19-9-14-23-25(16-19)36-18-35-23/h5,8-16,21,26H,2-4,6-7,17-18H2,1H3,(H,29,31)/t26-/m1/s1. The Morgan fingerprint density at radius 1 is 1.03 bits per heavy atom. The Bertz CT molecular complexity index is 1190. The van der Waals surface area contributed by atoms with Crippen molar-refractivity contribution in [1.29, 1.82) is 0 Å². The topological polar surface area (TPSA) is 90.2 Å². The van der Waals surface area contributed by atoms with Gasteiger partial charge in [-0.25, -0.2) is 0 Å². The zero-order chi connectivity index (χ0) is 24.9. The van der Waals surface area contributed by atoms with Gasteiger partial charge in [-0.05, 0) is 60.4 Å². The van der Waals surface area contributed by atoms with Gasteiger partial charge < -0.3 is 28.8 Å². The van der Waals surface area contributed by atoms with E-state index in [2.05, 4.69) is 5.32 Å². The number of nitrogens with zero attached hydrogens (tertiary/aromatic N) is 1. The van der Waals surface area contributed by atoms with Gasteiger partial charge in [0.15, 0.2) is 17.3 Å². The molecule has 36 heavy (non-hydrogen) atoms. The quantitative estimate of drug-likeness (QED) is 0.486. The highest BCUT2D eigenvalue weighted by molar-refractivity contribution is 5.96. The lowest BCUT2D eigenvalue weighted by molar-refractivity contribution is -0.127. The minimum Gasteiger partial charge on any atom is -0.497 e. The van der Waals surface area contributed by atoms with E-state index in [-0.39, 0.29) is 37.0 Å². The summed E-state index contributed by atoms with van der Waals surface area (Å²) in [5, 5.41) is 3.21. The van der Waals surface area contributed by atoms with Crippen LogP contribution in [0.1, 0.15) is 59.8 Å². The third kappa shape index (κ3) is 5.17. The summed E-state index contributed by atoms with van der Waals surface area (Å²) in [7, 11) is 1.59. The zero-order valence-electron chi connectivity index (χ0n) is 20.3. The van der Waals surface area contributed by atoms with Crippen LogP contribution in [0, 0.1) is 0 Å². The van der Waals surface area contributed by atoms with Crippen LogP contribution >= 0.6 is 0 Å². The van der Waals surface area contributed by atoms with Gasteiger partial charge in [0, 0.05) is 12.6 Å². The molecule has 5 rings (SSSR count). The summed E-state index contributed by atoms with van der Waals surface area (Å²) in [6.07, 6.45) is 6.69. The first kappa shape index (κ1) is 23.8. The first-order valence-electron chi connectivity index (χ1n) is 12.3. The summed E-state index contributed by atoms with van der Waals surface area (Å²) in [4.78, 5) is 29.1. The van der Waals surface area contributed by atoms with E-state index >= 15 is 0 Å². The molecule has 1 aromatic heterocycles. The minimum atomic E-state index is -0.874. The monoisotopic (exact) mass is 490 g/mol. The molecule has 1 saturated carbocycles. The van der Waals surface area contributed by atoms with E-state index in [9.17, 15) is 9.59 Å². The van der Waals surface area contributed by atoms with Crippen LogP contribution in [-0.4, -0.2) is 36.7 Å². The van der Waals surface area contributed by atoms with Gasteiger partial charge in [0.05, 0.1) is 13.4 Å². The lowest BCUT2D eigenvalue weighted by atomic mass is 9.94. The molecule has 0 unspecified atom stereocenters. The smallest absolute Gasteiger partial charge is 0.290 e. The largest absolute Gasteiger partial charge is 0.497 e. The normalized spacial score (nSPS) is 15.8. The molecule has 0 radical (unpaired) electrons. The fourth-order valence-electron chi connectivity index (χ4n) is 4.84. The molecular weight excluding hydrogens is 460 g/mol. The van der Waals surface area contributed by atoms with E-state index in [1.807, 2.05) is 30.3 Å². The second-order valence-corrected chi connectivity index (χ2v) is 9.12. The maximum atomic E-state index is 13.8. The van der Waals surface area contributed by atoms with E-state index in [4.69, 9.17) is 18.6 Å². The molecule has 0 spiro atoms. The number of fused-ring (bicyclic) bond motifs is 1. The number of methoxy groups -OCH3 is 1. The number of nitrogens with one attached hydrogen (secondary N) is 1. The van der Waals surface area contributed by atoms with Gasteiger partial charge in [-0.3, -0.25) is 9.59 Å². The van der Waals surface area contributed by atoms with Crippen molar-refractivity contribution in [2.45, 2.75) is 50.7 Å². The van der Waals surface area contributed by atoms with Crippen LogP contribution in [-0.2, 0) is 11.3 Å². The first-order valence-corrected chi connectivity index (χ1v) is 12.3. The van der Waals surface area contributed by atoms with Crippen LogP contribution in [0.2, 0.25) is 0 Å². The van der Waals surface area contributed by atoms with Crippen molar-refractivity contribution in [2.24, 2.45) is 0 Å². The van der Waals surface area contributed by atoms with Gasteiger partial charge in [0.25, 0.3) is 5.91 Å². The van der Waals surface area contributed by atoms with Crippen LogP contribution in [0.15, 0.2) is 65.3 Å². The van der Waals surface area contributed by atoms with Gasteiger partial charge in [0.2, 0.25) is 12.7 Å². The van der Waals surface area contributed by atoms with Crippen molar-refractivity contribution >= 4 is 11.8 Å². The minimum absolute atomic E-state index is 0.0955. The van der Waals surface area contributed by atoms with Crippen molar-refractivity contribution in [3.63, 3.8) is 0 Å². The number of hydrogen-bond donors (Lipinski definition) is 1. The molecule has 1 fully saturated rings. The zero-order valence-corrected chi connectivity index (χ0v) is 20.3. The number of carbonyl (C=O) groups is 2. The predicted molar refractivity (Wildman–Crippen MR) is 132 cm³/mol. The number of amides is 2. The van der Waals surface area contributed by atoms with Crippen LogP contribution in [0.25, 0.3) is 0 Å². The molecule has 8 nitrogen and oxygen atoms in total. The first-order chi connectivity index (χ1) is 17.6. The second kappa shape index (κ2) is 10.8. The lowest BCUT2D eigenvalue weighted by Crippen LogP contribution is -2.46. The van der Waals surface area contributed by atoms with Crippen molar-refractivity contribution in [3.8, 4) is 17.2 Å². The van der Waals surface area contributed by atoms with Crippen LogP contribution < -0.4 is 19.5 Å². The number of ether oxygens (including phenoxy) is 3. The molecule has 3 aromatic rings. The molecule has 0 saturated heterocycles. The Hall–Kier alpha value is -3.94. The molecule has 1 aliphatic carbocycles. The maximum absolute atomic E-state index is 13.8. The molecule has 2 amide bonds. The van der Waals surface area contributed by atoms with Gasteiger partial charge in [0.1, 0.15) is 11.8 Å². The van der Waals surface area contributed by atoms with Gasteiger partial charge in [-0.1, -0.05) is 37.5 Å². The molecule has 2 heterocycles. The van der Waals surface area contributed by atoms with E-state index in [0.717, 1.165) is 31.2 Å². The molecule has 1 N–H and O–H groups in total. The third-order valence-corrected chi connectivity index (χ3v) is 6.73. The summed E-state index contributed by atoms with van der Waals surface area (Å²) in [6.45, 7) is 0.330. The molecule has 2 aromatic carbocycles. The van der Waals surface area contributed by atoms with Crippen molar-refractivity contribution in [3.05, 3.63) is 77.7 Å². The third-order valence-electron chi connectivity index (χ3n) is 6.73. The highest BCUT2D eigenvalue weighted by Crippen LogP contribution is 2.34. The van der Waals surface area contributed by atoms with Gasteiger partial charge in [-0.2, -0.15) is 0 Å². The van der Waals surface area contributed by atoms with E-state index < -0.39 is 6.04 Å². The van der Waals surface area contributed by atoms with Gasteiger partial charge >= 0.3 is 0 Å². The number of hydrogen-bond acceptors (Lipinski definition) is 6. The van der Waals surface area contributed by atoms with E-state index in [1.54, 1.807) is 36.3 Å². The molecule has 0 bridgehead atoms. The van der Waals surface area contributed by atoms with Crippen LogP contribution in [0.4, 0.5) is 0 Å². The fraction of sp³-hybridized carbons (Fsp3) is 0.357.